The van der Waals surface area contributed by atoms with Crippen LogP contribution in [-0.2, 0) is 4.74 Å². The summed E-state index contributed by atoms with van der Waals surface area (Å²) in [5.74, 6) is 0.0273. The standard InChI is InChI=1S/C23H36N4O3/c1-23(2,3)30-22(29)26-15-10-19(11-16-26)27-12-4-5-20(27)21(28)24-17-8-13-25(14-9-17)18-6-7-18/h4-5,12,17-19H,6-11,13-16H2,1-3H3,(H,24,28). The van der Waals surface area contributed by atoms with E-state index in [1.165, 1.54) is 12.8 Å². The van der Waals surface area contributed by atoms with Gasteiger partial charge in [-0.2, -0.15) is 0 Å². The second-order valence-electron chi connectivity index (χ2n) is 10.0. The van der Waals surface area contributed by atoms with Crippen molar-refractivity contribution in [2.75, 3.05) is 26.2 Å². The number of likely N-dealkylation sites (tertiary alicyclic amines) is 2. The van der Waals surface area contributed by atoms with Crippen molar-refractivity contribution in [1.82, 2.24) is 19.7 Å². The van der Waals surface area contributed by atoms with Crippen LogP contribution in [0.3, 0.4) is 0 Å². The lowest BCUT2D eigenvalue weighted by molar-refractivity contribution is 0.0187. The van der Waals surface area contributed by atoms with Gasteiger partial charge in [-0.05, 0) is 71.4 Å². The Morgan fingerprint density at radius 3 is 2.23 bits per heavy atom. The van der Waals surface area contributed by atoms with Crippen LogP contribution in [0.25, 0.3) is 0 Å². The number of nitrogens with zero attached hydrogens (tertiary/aromatic N) is 3. The Morgan fingerprint density at radius 2 is 1.63 bits per heavy atom. The van der Waals surface area contributed by atoms with Crippen LogP contribution in [0.2, 0.25) is 0 Å². The van der Waals surface area contributed by atoms with Crippen molar-refractivity contribution in [2.45, 2.75) is 83.0 Å². The van der Waals surface area contributed by atoms with Gasteiger partial charge in [0.1, 0.15) is 11.3 Å². The summed E-state index contributed by atoms with van der Waals surface area (Å²) in [5, 5.41) is 3.26. The molecule has 3 fully saturated rings. The van der Waals surface area contributed by atoms with Crippen LogP contribution in [0.5, 0.6) is 0 Å². The lowest BCUT2D eigenvalue weighted by atomic mass is 10.0. The van der Waals surface area contributed by atoms with Crippen molar-refractivity contribution in [3.8, 4) is 0 Å². The van der Waals surface area contributed by atoms with E-state index >= 15 is 0 Å². The summed E-state index contributed by atoms with van der Waals surface area (Å²) in [5.41, 5.74) is 0.254. The van der Waals surface area contributed by atoms with E-state index in [0.29, 0.717) is 13.1 Å². The number of ether oxygens (including phenoxy) is 1. The first-order chi connectivity index (χ1) is 14.3. The van der Waals surface area contributed by atoms with Crippen LogP contribution in [0, 0.1) is 0 Å². The minimum absolute atomic E-state index is 0.0273. The van der Waals surface area contributed by atoms with E-state index in [9.17, 15) is 9.59 Å². The monoisotopic (exact) mass is 416 g/mol. The zero-order valence-corrected chi connectivity index (χ0v) is 18.6. The molecule has 3 heterocycles. The molecular formula is C23H36N4O3. The second kappa shape index (κ2) is 8.61. The number of carbonyl (C=O) groups excluding carboxylic acids is 2. The predicted octanol–water partition coefficient (Wildman–Crippen LogP) is 3.42. The van der Waals surface area contributed by atoms with Gasteiger partial charge in [0.2, 0.25) is 0 Å². The smallest absolute Gasteiger partial charge is 0.410 e. The number of amides is 2. The Morgan fingerprint density at radius 1 is 0.967 bits per heavy atom. The van der Waals surface area contributed by atoms with E-state index in [1.807, 2.05) is 39.1 Å². The first kappa shape index (κ1) is 21.2. The predicted molar refractivity (Wildman–Crippen MR) is 116 cm³/mol. The van der Waals surface area contributed by atoms with E-state index in [4.69, 9.17) is 4.74 Å². The molecule has 1 aliphatic carbocycles. The molecule has 0 aromatic carbocycles. The number of rotatable bonds is 4. The third-order valence-corrected chi connectivity index (χ3v) is 6.45. The van der Waals surface area contributed by atoms with Crippen LogP contribution in [0.4, 0.5) is 4.79 Å². The molecule has 3 aliphatic rings. The average molecular weight is 417 g/mol. The minimum Gasteiger partial charge on any atom is -0.444 e. The summed E-state index contributed by atoms with van der Waals surface area (Å²) in [6, 6.07) is 5.17. The van der Waals surface area contributed by atoms with Crippen LogP contribution in [0.15, 0.2) is 18.3 Å². The Hall–Kier alpha value is -2.02. The summed E-state index contributed by atoms with van der Waals surface area (Å²) < 4.78 is 7.59. The fraction of sp³-hybridized carbons (Fsp3) is 0.739. The number of aromatic nitrogens is 1. The van der Waals surface area contributed by atoms with Crippen molar-refractivity contribution in [2.24, 2.45) is 0 Å². The molecule has 0 atom stereocenters. The molecule has 0 unspecified atom stereocenters. The SMILES string of the molecule is CC(C)(C)OC(=O)N1CCC(n2cccc2C(=O)NC2CCN(C3CC3)CC2)CC1. The quantitative estimate of drug-likeness (QED) is 0.817. The van der Waals surface area contributed by atoms with Crippen molar-refractivity contribution >= 4 is 12.0 Å². The van der Waals surface area contributed by atoms with Gasteiger partial charge in [-0.1, -0.05) is 0 Å². The normalized spacial score (nSPS) is 22.2. The third-order valence-electron chi connectivity index (χ3n) is 6.45. The van der Waals surface area contributed by atoms with E-state index in [-0.39, 0.29) is 24.1 Å². The topological polar surface area (TPSA) is 66.8 Å². The second-order valence-corrected chi connectivity index (χ2v) is 10.0. The summed E-state index contributed by atoms with van der Waals surface area (Å²) in [6.45, 7) is 9.16. The van der Waals surface area contributed by atoms with Crippen molar-refractivity contribution in [3.05, 3.63) is 24.0 Å². The fourth-order valence-corrected chi connectivity index (χ4v) is 4.67. The molecule has 7 nitrogen and oxygen atoms in total. The minimum atomic E-state index is -0.478. The van der Waals surface area contributed by atoms with Gasteiger partial charge in [0, 0.05) is 50.5 Å². The molecule has 4 rings (SSSR count). The van der Waals surface area contributed by atoms with Gasteiger partial charge >= 0.3 is 6.09 Å². The van der Waals surface area contributed by atoms with Gasteiger partial charge in [-0.25, -0.2) is 4.79 Å². The zero-order chi connectivity index (χ0) is 21.3. The first-order valence-electron chi connectivity index (χ1n) is 11.5. The molecule has 2 aliphatic heterocycles. The summed E-state index contributed by atoms with van der Waals surface area (Å²) in [6.07, 6.45) is 8.17. The maximum Gasteiger partial charge on any atom is 0.410 e. The Balaban J connectivity index is 1.29. The van der Waals surface area contributed by atoms with E-state index < -0.39 is 5.60 Å². The van der Waals surface area contributed by atoms with E-state index in [1.54, 1.807) is 4.90 Å². The third kappa shape index (κ3) is 5.17. The highest BCUT2D eigenvalue weighted by atomic mass is 16.6. The highest BCUT2D eigenvalue weighted by Gasteiger charge is 2.33. The summed E-state index contributed by atoms with van der Waals surface area (Å²) in [7, 11) is 0. The molecule has 2 amide bonds. The molecule has 1 aromatic heterocycles. The van der Waals surface area contributed by atoms with Crippen LogP contribution in [0.1, 0.15) is 75.8 Å². The van der Waals surface area contributed by atoms with Gasteiger partial charge < -0.3 is 24.4 Å². The largest absolute Gasteiger partial charge is 0.444 e. The van der Waals surface area contributed by atoms with E-state index in [2.05, 4.69) is 14.8 Å². The molecule has 166 valence electrons. The zero-order valence-electron chi connectivity index (χ0n) is 18.6. The number of hydrogen-bond donors (Lipinski definition) is 1. The fourth-order valence-electron chi connectivity index (χ4n) is 4.67. The molecule has 1 saturated carbocycles. The van der Waals surface area contributed by atoms with Crippen molar-refractivity contribution < 1.29 is 14.3 Å². The number of carbonyl (C=O) groups is 2. The van der Waals surface area contributed by atoms with Gasteiger partial charge in [0.05, 0.1) is 0 Å². The van der Waals surface area contributed by atoms with Gasteiger partial charge in [0.25, 0.3) is 5.91 Å². The lowest BCUT2D eigenvalue weighted by Gasteiger charge is -2.35. The highest BCUT2D eigenvalue weighted by Crippen LogP contribution is 2.30. The molecule has 0 radical (unpaired) electrons. The molecule has 2 saturated heterocycles. The Labute approximate surface area is 179 Å². The maximum absolute atomic E-state index is 13.0. The van der Waals surface area contributed by atoms with Crippen molar-refractivity contribution in [3.63, 3.8) is 0 Å². The first-order valence-corrected chi connectivity index (χ1v) is 11.5. The summed E-state index contributed by atoms with van der Waals surface area (Å²) >= 11 is 0. The number of piperidine rings is 2. The number of hydrogen-bond acceptors (Lipinski definition) is 4. The van der Waals surface area contributed by atoms with E-state index in [0.717, 1.165) is 50.5 Å². The molecule has 0 spiro atoms. The van der Waals surface area contributed by atoms with Crippen molar-refractivity contribution in [1.29, 1.82) is 0 Å². The summed E-state index contributed by atoms with van der Waals surface area (Å²) in [4.78, 5) is 29.6. The lowest BCUT2D eigenvalue weighted by Crippen LogP contribution is -2.46. The Kier molecular flexibility index (Phi) is 6.09. The van der Waals surface area contributed by atoms with Crippen LogP contribution >= 0.6 is 0 Å². The Bertz CT molecular complexity index is 749. The molecule has 7 heteroatoms. The van der Waals surface area contributed by atoms with Crippen LogP contribution in [-0.4, -0.2) is 70.2 Å². The van der Waals surface area contributed by atoms with Crippen LogP contribution < -0.4 is 5.32 Å². The molecule has 0 bridgehead atoms. The number of nitrogens with one attached hydrogen (secondary N) is 1. The highest BCUT2D eigenvalue weighted by molar-refractivity contribution is 5.93. The molecule has 1 N–H and O–H groups in total. The molecule has 1 aromatic rings. The van der Waals surface area contributed by atoms with Gasteiger partial charge in [0.15, 0.2) is 0 Å². The molecule has 30 heavy (non-hydrogen) atoms. The maximum atomic E-state index is 13.0. The average Bonchev–Trinajstić information content (AvgIpc) is 3.43. The van der Waals surface area contributed by atoms with Gasteiger partial charge in [-0.3, -0.25) is 4.79 Å². The van der Waals surface area contributed by atoms with Gasteiger partial charge in [-0.15, -0.1) is 0 Å². The molecular weight excluding hydrogens is 380 g/mol.